The SMILES string of the molecule is O=C(NC1CCCC1)C(Cc1ccccc1)N(Cc1ccc(F)cc1)C(=O)CN(c1ccc2c(c1)OCCO2)S(=O)(=O)c1ccccc1. The zero-order valence-corrected chi connectivity index (χ0v) is 27.3. The summed E-state index contributed by atoms with van der Waals surface area (Å²) in [6, 6.07) is 26.7. The van der Waals surface area contributed by atoms with Crippen LogP contribution in [-0.2, 0) is 32.6 Å². The van der Waals surface area contributed by atoms with E-state index < -0.39 is 34.3 Å². The summed E-state index contributed by atoms with van der Waals surface area (Å²) in [5.41, 5.74) is 1.63. The van der Waals surface area contributed by atoms with Crippen molar-refractivity contribution in [1.29, 1.82) is 0 Å². The lowest BCUT2D eigenvalue weighted by Crippen LogP contribution is -2.54. The van der Waals surface area contributed by atoms with Gasteiger partial charge in [-0.15, -0.1) is 0 Å². The van der Waals surface area contributed by atoms with E-state index in [0.717, 1.165) is 35.6 Å². The molecule has 9 nitrogen and oxygen atoms in total. The number of carbonyl (C=O) groups is 2. The molecule has 4 aromatic carbocycles. The molecule has 1 saturated carbocycles. The second-order valence-electron chi connectivity index (χ2n) is 12.0. The van der Waals surface area contributed by atoms with Gasteiger partial charge in [-0.05, 0) is 60.4 Å². The predicted molar refractivity (Wildman–Crippen MR) is 180 cm³/mol. The Morgan fingerprint density at radius 1 is 0.812 bits per heavy atom. The number of hydrogen-bond donors (Lipinski definition) is 1. The van der Waals surface area contributed by atoms with Crippen LogP contribution in [0.3, 0.4) is 0 Å². The van der Waals surface area contributed by atoms with E-state index in [1.807, 2.05) is 30.3 Å². The van der Waals surface area contributed by atoms with Crippen LogP contribution in [0.5, 0.6) is 11.5 Å². The Bertz CT molecular complexity index is 1820. The first-order valence-corrected chi connectivity index (χ1v) is 17.6. The second kappa shape index (κ2) is 14.9. The fraction of sp³-hybridized carbons (Fsp3) is 0.297. The molecule has 0 radical (unpaired) electrons. The number of anilines is 1. The van der Waals surface area contributed by atoms with Crippen molar-refractivity contribution in [2.75, 3.05) is 24.1 Å². The molecule has 1 aliphatic heterocycles. The Labute approximate surface area is 280 Å². The monoisotopic (exact) mass is 671 g/mol. The van der Waals surface area contributed by atoms with E-state index in [-0.39, 0.29) is 35.5 Å². The van der Waals surface area contributed by atoms with Gasteiger partial charge in [0, 0.05) is 25.1 Å². The number of halogens is 1. The first kappa shape index (κ1) is 33.0. The van der Waals surface area contributed by atoms with E-state index in [1.165, 1.54) is 29.2 Å². The van der Waals surface area contributed by atoms with Crippen molar-refractivity contribution >= 4 is 27.5 Å². The van der Waals surface area contributed by atoms with Crippen molar-refractivity contribution in [3.05, 3.63) is 120 Å². The summed E-state index contributed by atoms with van der Waals surface area (Å²) in [5, 5.41) is 3.15. The molecule has 0 aromatic heterocycles. The van der Waals surface area contributed by atoms with Crippen molar-refractivity contribution in [3.63, 3.8) is 0 Å². The van der Waals surface area contributed by atoms with Crippen molar-refractivity contribution in [1.82, 2.24) is 10.2 Å². The van der Waals surface area contributed by atoms with Crippen LogP contribution in [0.15, 0.2) is 108 Å². The van der Waals surface area contributed by atoms with Crippen LogP contribution in [0.1, 0.15) is 36.8 Å². The summed E-state index contributed by atoms with van der Waals surface area (Å²) in [4.78, 5) is 30.2. The number of sulfonamides is 1. The smallest absolute Gasteiger partial charge is 0.264 e. The van der Waals surface area contributed by atoms with Crippen LogP contribution >= 0.6 is 0 Å². The van der Waals surface area contributed by atoms with Gasteiger partial charge in [-0.1, -0.05) is 73.5 Å². The number of nitrogens with zero attached hydrogens (tertiary/aromatic N) is 2. The molecule has 250 valence electrons. The molecular weight excluding hydrogens is 633 g/mol. The Balaban J connectivity index is 1.40. The van der Waals surface area contributed by atoms with Crippen molar-refractivity contribution in [2.45, 2.75) is 55.6 Å². The molecule has 1 atom stereocenters. The molecule has 1 unspecified atom stereocenters. The molecule has 48 heavy (non-hydrogen) atoms. The number of rotatable bonds is 12. The van der Waals surface area contributed by atoms with Gasteiger partial charge in [-0.25, -0.2) is 12.8 Å². The molecule has 2 aliphatic rings. The number of fused-ring (bicyclic) bond motifs is 1. The van der Waals surface area contributed by atoms with E-state index >= 15 is 0 Å². The summed E-state index contributed by atoms with van der Waals surface area (Å²) in [6.07, 6.45) is 3.91. The Morgan fingerprint density at radius 3 is 2.15 bits per heavy atom. The summed E-state index contributed by atoms with van der Waals surface area (Å²) < 4.78 is 54.8. The predicted octanol–water partition coefficient (Wildman–Crippen LogP) is 5.49. The van der Waals surface area contributed by atoms with Gasteiger partial charge in [-0.3, -0.25) is 13.9 Å². The third-order valence-electron chi connectivity index (χ3n) is 8.66. The van der Waals surface area contributed by atoms with Gasteiger partial charge in [0.25, 0.3) is 10.0 Å². The zero-order chi connectivity index (χ0) is 33.5. The average Bonchev–Trinajstić information content (AvgIpc) is 3.63. The van der Waals surface area contributed by atoms with E-state index in [0.29, 0.717) is 30.3 Å². The van der Waals surface area contributed by atoms with Crippen LogP contribution in [0, 0.1) is 5.82 Å². The molecular formula is C37H38FN3O6S. The average molecular weight is 672 g/mol. The minimum atomic E-state index is -4.27. The summed E-state index contributed by atoms with van der Waals surface area (Å²) >= 11 is 0. The highest BCUT2D eigenvalue weighted by Gasteiger charge is 2.36. The second-order valence-corrected chi connectivity index (χ2v) is 13.9. The summed E-state index contributed by atoms with van der Waals surface area (Å²) in [7, 11) is -4.27. The number of hydrogen-bond acceptors (Lipinski definition) is 6. The minimum Gasteiger partial charge on any atom is -0.486 e. The quantitative estimate of drug-likeness (QED) is 0.214. The first-order chi connectivity index (χ1) is 23.3. The third kappa shape index (κ3) is 7.79. The van der Waals surface area contributed by atoms with Gasteiger partial charge in [0.15, 0.2) is 11.5 Å². The van der Waals surface area contributed by atoms with Crippen molar-refractivity contribution < 1.29 is 31.9 Å². The molecule has 4 aromatic rings. The van der Waals surface area contributed by atoms with Crippen LogP contribution in [-0.4, -0.2) is 57.0 Å². The summed E-state index contributed by atoms with van der Waals surface area (Å²) in [5.74, 6) is -0.525. The van der Waals surface area contributed by atoms with Crippen molar-refractivity contribution in [3.8, 4) is 11.5 Å². The van der Waals surface area contributed by atoms with Crippen LogP contribution in [0.25, 0.3) is 0 Å². The van der Waals surface area contributed by atoms with Crippen LogP contribution in [0.4, 0.5) is 10.1 Å². The molecule has 11 heteroatoms. The highest BCUT2D eigenvalue weighted by Crippen LogP contribution is 2.36. The zero-order valence-electron chi connectivity index (χ0n) is 26.5. The van der Waals surface area contributed by atoms with Crippen LogP contribution < -0.4 is 19.1 Å². The molecule has 1 heterocycles. The number of ether oxygens (including phenoxy) is 2. The van der Waals surface area contributed by atoms with Gasteiger partial charge < -0.3 is 19.7 Å². The van der Waals surface area contributed by atoms with Gasteiger partial charge in [0.1, 0.15) is 31.6 Å². The molecule has 1 aliphatic carbocycles. The number of benzene rings is 4. The highest BCUT2D eigenvalue weighted by atomic mass is 32.2. The largest absolute Gasteiger partial charge is 0.486 e. The molecule has 0 spiro atoms. The Morgan fingerprint density at radius 2 is 1.46 bits per heavy atom. The Kier molecular flexibility index (Phi) is 10.2. The molecule has 6 rings (SSSR count). The van der Waals surface area contributed by atoms with Gasteiger partial charge in [-0.2, -0.15) is 0 Å². The fourth-order valence-corrected chi connectivity index (χ4v) is 7.57. The van der Waals surface area contributed by atoms with Crippen molar-refractivity contribution in [2.24, 2.45) is 0 Å². The summed E-state index contributed by atoms with van der Waals surface area (Å²) in [6.45, 7) is -0.000400. The lowest BCUT2D eigenvalue weighted by molar-refractivity contribution is -0.140. The minimum absolute atomic E-state index is 0.00224. The molecule has 0 bridgehead atoms. The highest BCUT2D eigenvalue weighted by molar-refractivity contribution is 7.92. The van der Waals surface area contributed by atoms with Gasteiger partial charge in [0.2, 0.25) is 11.8 Å². The molecule has 1 fully saturated rings. The maximum atomic E-state index is 14.6. The van der Waals surface area contributed by atoms with E-state index in [4.69, 9.17) is 9.47 Å². The van der Waals surface area contributed by atoms with E-state index in [2.05, 4.69) is 5.32 Å². The maximum absolute atomic E-state index is 14.6. The molecule has 1 N–H and O–H groups in total. The normalized spacial score (nSPS) is 15.0. The fourth-order valence-electron chi connectivity index (χ4n) is 6.14. The number of nitrogens with one attached hydrogen (secondary N) is 1. The topological polar surface area (TPSA) is 105 Å². The van der Waals surface area contributed by atoms with E-state index in [1.54, 1.807) is 48.5 Å². The van der Waals surface area contributed by atoms with Crippen LogP contribution in [0.2, 0.25) is 0 Å². The standard InChI is InChI=1S/C37H38FN3O6S/c38-29-17-15-28(16-18-29)25-40(33(23-27-9-3-1-4-10-27)37(43)39-30-11-7-8-12-30)36(42)26-41(48(44,45)32-13-5-2-6-14-32)31-19-20-34-35(24-31)47-22-21-46-34/h1-6,9-10,13-20,24,30,33H,7-8,11-12,21-23,25-26H2,(H,39,43). The third-order valence-corrected chi connectivity index (χ3v) is 10.5. The lowest BCUT2D eigenvalue weighted by Gasteiger charge is -2.34. The molecule has 0 saturated heterocycles. The molecule has 2 amide bonds. The van der Waals surface area contributed by atoms with E-state index in [9.17, 15) is 22.4 Å². The van der Waals surface area contributed by atoms with Gasteiger partial charge in [0.05, 0.1) is 10.6 Å². The van der Waals surface area contributed by atoms with Gasteiger partial charge >= 0.3 is 0 Å². The Hall–Kier alpha value is -4.90. The number of amides is 2. The number of carbonyl (C=O) groups excluding carboxylic acids is 2. The first-order valence-electron chi connectivity index (χ1n) is 16.1. The maximum Gasteiger partial charge on any atom is 0.264 e. The lowest BCUT2D eigenvalue weighted by atomic mass is 10.0.